The molecular weight excluding hydrogens is 312 g/mol. The summed E-state index contributed by atoms with van der Waals surface area (Å²) in [5.74, 6) is 0.0652. The van der Waals surface area contributed by atoms with Gasteiger partial charge in [0.2, 0.25) is 0 Å². The number of carbonyl (C=O) groups is 1. The van der Waals surface area contributed by atoms with Crippen LogP contribution >= 0.6 is 0 Å². The minimum absolute atomic E-state index is 0.0652. The predicted octanol–water partition coefficient (Wildman–Crippen LogP) is 2.41. The van der Waals surface area contributed by atoms with Gasteiger partial charge in [-0.05, 0) is 57.7 Å². The van der Waals surface area contributed by atoms with Crippen LogP contribution in [0.3, 0.4) is 0 Å². The molecule has 1 fully saturated rings. The Balaban J connectivity index is 1.74. The van der Waals surface area contributed by atoms with Gasteiger partial charge in [0.1, 0.15) is 0 Å². The molecule has 0 spiro atoms. The summed E-state index contributed by atoms with van der Waals surface area (Å²) in [4.78, 5) is 15.0. The van der Waals surface area contributed by atoms with E-state index in [0.29, 0.717) is 5.69 Å². The number of nitrogens with one attached hydrogen (secondary N) is 1. The van der Waals surface area contributed by atoms with Crippen molar-refractivity contribution < 1.29 is 4.79 Å². The van der Waals surface area contributed by atoms with Gasteiger partial charge in [-0.3, -0.25) is 4.79 Å². The highest BCUT2D eigenvalue weighted by Gasteiger charge is 2.31. The number of nitrogens with zero attached hydrogens (tertiary/aromatic N) is 3. The van der Waals surface area contributed by atoms with Crippen molar-refractivity contribution in [3.05, 3.63) is 46.3 Å². The lowest BCUT2D eigenvalue weighted by atomic mass is 10.1. The molecule has 4 rings (SSSR count). The molecule has 5 nitrogen and oxygen atoms in total. The third-order valence-corrected chi connectivity index (χ3v) is 5.62. The van der Waals surface area contributed by atoms with Gasteiger partial charge in [-0.15, -0.1) is 0 Å². The molecular formula is C20H26N4O. The summed E-state index contributed by atoms with van der Waals surface area (Å²) in [5.41, 5.74) is 6.56. The zero-order valence-electron chi connectivity index (χ0n) is 15.3. The number of hydrogen-bond acceptors (Lipinski definition) is 3. The van der Waals surface area contributed by atoms with E-state index in [1.165, 1.54) is 16.8 Å². The van der Waals surface area contributed by atoms with Gasteiger partial charge in [-0.1, -0.05) is 17.7 Å². The van der Waals surface area contributed by atoms with E-state index >= 15 is 0 Å². The van der Waals surface area contributed by atoms with Crippen molar-refractivity contribution in [1.82, 2.24) is 20.0 Å². The maximum Gasteiger partial charge on any atom is 0.274 e. The molecule has 1 aromatic heterocycles. The molecule has 0 bridgehead atoms. The van der Waals surface area contributed by atoms with Crippen molar-refractivity contribution in [3.8, 4) is 5.69 Å². The van der Waals surface area contributed by atoms with Crippen LogP contribution < -0.4 is 5.32 Å². The summed E-state index contributed by atoms with van der Waals surface area (Å²) in [6, 6.07) is 6.69. The molecule has 25 heavy (non-hydrogen) atoms. The van der Waals surface area contributed by atoms with Crippen molar-refractivity contribution in [1.29, 1.82) is 0 Å². The normalized spacial score (nSPS) is 19.2. The fraction of sp³-hybridized carbons (Fsp3) is 0.500. The fourth-order valence-electron chi connectivity index (χ4n) is 4.15. The Morgan fingerprint density at radius 1 is 1.32 bits per heavy atom. The zero-order valence-corrected chi connectivity index (χ0v) is 15.3. The van der Waals surface area contributed by atoms with Crippen molar-refractivity contribution in [2.75, 3.05) is 20.1 Å². The first-order chi connectivity index (χ1) is 12.1. The Morgan fingerprint density at radius 3 is 2.88 bits per heavy atom. The molecule has 1 aliphatic heterocycles. The molecule has 1 N–H and O–H groups in total. The summed E-state index contributed by atoms with van der Waals surface area (Å²) in [5, 5.41) is 8.13. The quantitative estimate of drug-likeness (QED) is 0.935. The molecule has 2 aromatic rings. The topological polar surface area (TPSA) is 50.2 Å². The molecule has 0 saturated carbocycles. The molecule has 2 aliphatic rings. The maximum absolute atomic E-state index is 13.1. The van der Waals surface area contributed by atoms with E-state index in [9.17, 15) is 4.79 Å². The average molecular weight is 338 g/mol. The first-order valence-corrected chi connectivity index (χ1v) is 9.22. The highest BCUT2D eigenvalue weighted by atomic mass is 16.2. The van der Waals surface area contributed by atoms with Gasteiger partial charge in [-0.25, -0.2) is 4.68 Å². The Labute approximate surface area is 149 Å². The van der Waals surface area contributed by atoms with E-state index in [0.717, 1.165) is 50.0 Å². The van der Waals surface area contributed by atoms with Crippen LogP contribution in [0.1, 0.15) is 45.7 Å². The number of aromatic nitrogens is 2. The van der Waals surface area contributed by atoms with Gasteiger partial charge in [0.05, 0.1) is 5.69 Å². The maximum atomic E-state index is 13.1. The van der Waals surface area contributed by atoms with Crippen LogP contribution in [0.2, 0.25) is 0 Å². The molecule has 1 saturated heterocycles. The monoisotopic (exact) mass is 338 g/mol. The average Bonchev–Trinajstić information content (AvgIpc) is 3.31. The molecule has 132 valence electrons. The number of fused-ring (bicyclic) bond motifs is 1. The summed E-state index contributed by atoms with van der Waals surface area (Å²) in [6.07, 6.45) is 4.07. The SMILES string of the molecule is Cc1ccc(-n2nc(C(=O)N(C)C3CCNC3)c3c2CCC3)c(C)c1. The lowest BCUT2D eigenvalue weighted by Crippen LogP contribution is -2.39. The molecule has 1 aromatic carbocycles. The van der Waals surface area contributed by atoms with Crippen LogP contribution in [0.4, 0.5) is 0 Å². The zero-order chi connectivity index (χ0) is 17.6. The Morgan fingerprint density at radius 2 is 2.16 bits per heavy atom. The highest BCUT2D eigenvalue weighted by Crippen LogP contribution is 2.30. The smallest absolute Gasteiger partial charge is 0.274 e. The number of aryl methyl sites for hydroxylation is 2. The van der Waals surface area contributed by atoms with Crippen molar-refractivity contribution in [2.24, 2.45) is 0 Å². The second-order valence-corrected chi connectivity index (χ2v) is 7.39. The number of benzene rings is 1. The number of amides is 1. The Hall–Kier alpha value is -2.14. The number of rotatable bonds is 3. The largest absolute Gasteiger partial charge is 0.336 e. The van der Waals surface area contributed by atoms with Crippen LogP contribution in [0, 0.1) is 13.8 Å². The second kappa shape index (κ2) is 6.30. The number of carbonyl (C=O) groups excluding carboxylic acids is 1. The van der Waals surface area contributed by atoms with E-state index in [-0.39, 0.29) is 11.9 Å². The van der Waals surface area contributed by atoms with Crippen LogP contribution in [0.15, 0.2) is 18.2 Å². The lowest BCUT2D eigenvalue weighted by molar-refractivity contribution is 0.0736. The molecule has 1 amide bonds. The molecule has 1 atom stereocenters. The van der Waals surface area contributed by atoms with Gasteiger partial charge in [0.25, 0.3) is 5.91 Å². The van der Waals surface area contributed by atoms with E-state index in [1.54, 1.807) is 0 Å². The van der Waals surface area contributed by atoms with Crippen LogP contribution in [0.25, 0.3) is 5.69 Å². The number of likely N-dealkylation sites (N-methyl/N-ethyl adjacent to an activating group) is 1. The minimum Gasteiger partial charge on any atom is -0.336 e. The molecule has 0 radical (unpaired) electrons. The summed E-state index contributed by atoms with van der Waals surface area (Å²) < 4.78 is 2.02. The molecule has 2 heterocycles. The number of hydrogen-bond donors (Lipinski definition) is 1. The minimum atomic E-state index is 0.0652. The highest BCUT2D eigenvalue weighted by molar-refractivity contribution is 5.94. The van der Waals surface area contributed by atoms with Gasteiger partial charge in [-0.2, -0.15) is 5.10 Å². The van der Waals surface area contributed by atoms with Crippen LogP contribution in [-0.4, -0.2) is 46.8 Å². The van der Waals surface area contributed by atoms with E-state index in [1.807, 2.05) is 16.6 Å². The molecule has 1 aliphatic carbocycles. The third kappa shape index (κ3) is 2.76. The van der Waals surface area contributed by atoms with Crippen molar-refractivity contribution in [2.45, 2.75) is 45.6 Å². The van der Waals surface area contributed by atoms with E-state index in [4.69, 9.17) is 5.10 Å². The lowest BCUT2D eigenvalue weighted by Gasteiger charge is -2.23. The predicted molar refractivity (Wildman–Crippen MR) is 98.4 cm³/mol. The third-order valence-electron chi connectivity index (χ3n) is 5.62. The van der Waals surface area contributed by atoms with Crippen molar-refractivity contribution in [3.63, 3.8) is 0 Å². The van der Waals surface area contributed by atoms with Gasteiger partial charge >= 0.3 is 0 Å². The fourth-order valence-corrected chi connectivity index (χ4v) is 4.15. The van der Waals surface area contributed by atoms with E-state index < -0.39 is 0 Å². The second-order valence-electron chi connectivity index (χ2n) is 7.39. The standard InChI is InChI=1S/C20H26N4O/c1-13-7-8-17(14(2)11-13)24-18-6-4-5-16(18)19(22-24)20(25)23(3)15-9-10-21-12-15/h7-8,11,15,21H,4-6,9-10,12H2,1-3H3. The van der Waals surface area contributed by atoms with Crippen LogP contribution in [-0.2, 0) is 12.8 Å². The van der Waals surface area contributed by atoms with Crippen LogP contribution in [0.5, 0.6) is 0 Å². The molecule has 1 unspecified atom stereocenters. The van der Waals surface area contributed by atoms with Crippen molar-refractivity contribution >= 4 is 5.91 Å². The summed E-state index contributed by atoms with van der Waals surface area (Å²) >= 11 is 0. The van der Waals surface area contributed by atoms with Gasteiger partial charge < -0.3 is 10.2 Å². The summed E-state index contributed by atoms with van der Waals surface area (Å²) in [6.45, 7) is 6.08. The van der Waals surface area contributed by atoms with E-state index in [2.05, 4.69) is 37.4 Å². The first-order valence-electron chi connectivity index (χ1n) is 9.22. The first kappa shape index (κ1) is 16.3. The Bertz CT molecular complexity index is 817. The summed E-state index contributed by atoms with van der Waals surface area (Å²) in [7, 11) is 1.91. The van der Waals surface area contributed by atoms with Gasteiger partial charge in [0, 0.05) is 30.9 Å². The van der Waals surface area contributed by atoms with Gasteiger partial charge in [0.15, 0.2) is 5.69 Å². The molecule has 5 heteroatoms. The Kier molecular flexibility index (Phi) is 4.12.